The third-order valence-electron chi connectivity index (χ3n) is 4.93. The molecule has 0 atom stereocenters. The molecule has 1 aliphatic heterocycles. The van der Waals surface area contributed by atoms with E-state index < -0.39 is 11.1 Å². The molecular formula is C18H18BrN5O2. The zero-order valence-electron chi connectivity index (χ0n) is 14.3. The molecule has 2 aromatic heterocycles. The van der Waals surface area contributed by atoms with E-state index in [-0.39, 0.29) is 6.04 Å². The van der Waals surface area contributed by atoms with Crippen LogP contribution in [0.1, 0.15) is 18.9 Å². The summed E-state index contributed by atoms with van der Waals surface area (Å²) in [6.07, 6.45) is 4.98. The van der Waals surface area contributed by atoms with Crippen LogP contribution in [0.25, 0.3) is 11.0 Å². The van der Waals surface area contributed by atoms with Crippen molar-refractivity contribution in [2.45, 2.75) is 18.9 Å². The number of benzene rings is 1. The van der Waals surface area contributed by atoms with Gasteiger partial charge in [-0.15, -0.1) is 0 Å². The fourth-order valence-corrected chi connectivity index (χ4v) is 3.92. The Labute approximate surface area is 158 Å². The first-order chi connectivity index (χ1) is 12.6. The topological polar surface area (TPSA) is 73.0 Å². The zero-order valence-corrected chi connectivity index (χ0v) is 15.9. The molecule has 0 unspecified atom stereocenters. The van der Waals surface area contributed by atoms with Crippen LogP contribution in [0.15, 0.2) is 50.7 Å². The molecule has 1 aromatic carbocycles. The maximum absolute atomic E-state index is 12.7. The average molecular weight is 416 g/mol. The maximum atomic E-state index is 12.7. The van der Waals surface area contributed by atoms with Gasteiger partial charge in [0.1, 0.15) is 0 Å². The Hall–Kier alpha value is -2.48. The van der Waals surface area contributed by atoms with Crippen molar-refractivity contribution in [3.05, 3.63) is 61.8 Å². The number of hydrogen-bond acceptors (Lipinski definition) is 5. The minimum absolute atomic E-state index is 0.0139. The van der Waals surface area contributed by atoms with Crippen molar-refractivity contribution in [1.82, 2.24) is 19.1 Å². The van der Waals surface area contributed by atoms with Crippen molar-refractivity contribution >= 4 is 32.9 Å². The second-order valence-electron chi connectivity index (χ2n) is 6.44. The summed E-state index contributed by atoms with van der Waals surface area (Å²) in [6.45, 7) is 1.49. The Morgan fingerprint density at radius 3 is 2.42 bits per heavy atom. The number of piperidine rings is 1. The van der Waals surface area contributed by atoms with Gasteiger partial charge in [-0.25, -0.2) is 9.97 Å². The number of aryl methyl sites for hydroxylation is 1. The van der Waals surface area contributed by atoms with Crippen molar-refractivity contribution in [2.75, 3.05) is 18.0 Å². The molecular weight excluding hydrogens is 398 g/mol. The van der Waals surface area contributed by atoms with Crippen LogP contribution in [-0.4, -0.2) is 32.2 Å². The first-order valence-electron chi connectivity index (χ1n) is 8.49. The zero-order chi connectivity index (χ0) is 18.3. The molecule has 7 nitrogen and oxygen atoms in total. The lowest BCUT2D eigenvalue weighted by Crippen LogP contribution is -2.45. The lowest BCUT2D eigenvalue weighted by molar-refractivity contribution is 0.391. The molecule has 3 heterocycles. The van der Waals surface area contributed by atoms with Crippen LogP contribution in [0.3, 0.4) is 0 Å². The molecule has 0 saturated carbocycles. The summed E-state index contributed by atoms with van der Waals surface area (Å²) in [4.78, 5) is 35.8. The van der Waals surface area contributed by atoms with Crippen LogP contribution in [0.2, 0.25) is 0 Å². The number of rotatable bonds is 2. The summed E-state index contributed by atoms with van der Waals surface area (Å²) >= 11 is 3.44. The molecule has 134 valence electrons. The Morgan fingerprint density at radius 2 is 1.73 bits per heavy atom. The monoisotopic (exact) mass is 415 g/mol. The molecule has 0 radical (unpaired) electrons. The minimum Gasteiger partial charge on any atom is -0.341 e. The van der Waals surface area contributed by atoms with Gasteiger partial charge in [0.05, 0.1) is 11.0 Å². The highest BCUT2D eigenvalue weighted by molar-refractivity contribution is 9.10. The average Bonchev–Trinajstić information content (AvgIpc) is 2.68. The molecule has 0 amide bonds. The van der Waals surface area contributed by atoms with Gasteiger partial charge < -0.3 is 9.47 Å². The Morgan fingerprint density at radius 1 is 1.04 bits per heavy atom. The molecule has 4 rings (SSSR count). The van der Waals surface area contributed by atoms with Gasteiger partial charge >= 0.3 is 11.1 Å². The highest BCUT2D eigenvalue weighted by Crippen LogP contribution is 2.27. The third kappa shape index (κ3) is 2.84. The first-order valence-corrected chi connectivity index (χ1v) is 9.28. The van der Waals surface area contributed by atoms with Gasteiger partial charge in [-0.3, -0.25) is 14.2 Å². The second kappa shape index (κ2) is 6.68. The van der Waals surface area contributed by atoms with Crippen LogP contribution in [0.5, 0.6) is 0 Å². The molecule has 0 spiro atoms. The molecule has 0 bridgehead atoms. The molecule has 8 heteroatoms. The molecule has 3 aromatic rings. The van der Waals surface area contributed by atoms with E-state index in [1.165, 1.54) is 4.57 Å². The molecule has 26 heavy (non-hydrogen) atoms. The number of hydrogen-bond donors (Lipinski definition) is 0. The Bertz CT molecular complexity index is 1070. The maximum Gasteiger partial charge on any atom is 0.317 e. The Kier molecular flexibility index (Phi) is 4.36. The van der Waals surface area contributed by atoms with Crippen molar-refractivity contribution in [2.24, 2.45) is 7.05 Å². The van der Waals surface area contributed by atoms with Crippen LogP contribution in [0, 0.1) is 0 Å². The highest BCUT2D eigenvalue weighted by atomic mass is 79.9. The predicted octanol–water partition coefficient (Wildman–Crippen LogP) is 2.09. The van der Waals surface area contributed by atoms with E-state index >= 15 is 0 Å². The third-order valence-corrected chi connectivity index (χ3v) is 5.42. The summed E-state index contributed by atoms with van der Waals surface area (Å²) in [6, 6.07) is 7.45. The van der Waals surface area contributed by atoms with Gasteiger partial charge in [0.15, 0.2) is 0 Å². The van der Waals surface area contributed by atoms with Crippen molar-refractivity contribution in [3.63, 3.8) is 0 Å². The van der Waals surface area contributed by atoms with E-state index in [0.717, 1.165) is 41.4 Å². The summed E-state index contributed by atoms with van der Waals surface area (Å²) in [7, 11) is 1.64. The quantitative estimate of drug-likeness (QED) is 0.599. The Balaban J connectivity index is 1.72. The lowest BCUT2D eigenvalue weighted by atomic mass is 10.0. The highest BCUT2D eigenvalue weighted by Gasteiger charge is 2.25. The van der Waals surface area contributed by atoms with Gasteiger partial charge in [0.25, 0.3) is 0 Å². The van der Waals surface area contributed by atoms with E-state index in [1.54, 1.807) is 30.1 Å². The molecule has 1 fully saturated rings. The minimum atomic E-state index is -0.496. The van der Waals surface area contributed by atoms with Gasteiger partial charge in [-0.2, -0.15) is 0 Å². The van der Waals surface area contributed by atoms with Crippen LogP contribution < -0.4 is 16.0 Å². The van der Waals surface area contributed by atoms with Crippen molar-refractivity contribution < 1.29 is 0 Å². The van der Waals surface area contributed by atoms with E-state index in [2.05, 4.69) is 30.8 Å². The molecule has 1 aliphatic rings. The van der Waals surface area contributed by atoms with Gasteiger partial charge in [0, 0.05) is 43.0 Å². The molecule has 0 aliphatic carbocycles. The number of nitrogens with zero attached hydrogens (tertiary/aromatic N) is 5. The van der Waals surface area contributed by atoms with Crippen LogP contribution in [0.4, 0.5) is 5.95 Å². The van der Waals surface area contributed by atoms with Gasteiger partial charge in [0.2, 0.25) is 5.95 Å². The van der Waals surface area contributed by atoms with E-state index in [0.29, 0.717) is 5.95 Å². The lowest BCUT2D eigenvalue weighted by Gasteiger charge is -2.33. The summed E-state index contributed by atoms with van der Waals surface area (Å²) in [5.74, 6) is 0.705. The van der Waals surface area contributed by atoms with E-state index in [4.69, 9.17) is 0 Å². The summed E-state index contributed by atoms with van der Waals surface area (Å²) in [5.41, 5.74) is 0.577. The summed E-state index contributed by atoms with van der Waals surface area (Å²) in [5, 5.41) is 0. The standard InChI is InChI=1S/C18H18BrN5O2/c1-22-15-11-12(19)3-4-14(15)24(17(26)16(22)25)13-5-9-23(10-6-13)18-20-7-2-8-21-18/h2-4,7-8,11,13H,5-6,9-10H2,1H3. The number of aromatic nitrogens is 4. The molecule has 0 N–H and O–H groups in total. The summed E-state index contributed by atoms with van der Waals surface area (Å²) < 4.78 is 3.97. The first kappa shape index (κ1) is 17.0. The van der Waals surface area contributed by atoms with E-state index in [1.807, 2.05) is 18.2 Å². The number of fused-ring (bicyclic) bond motifs is 1. The normalized spacial score (nSPS) is 15.5. The second-order valence-corrected chi connectivity index (χ2v) is 7.36. The van der Waals surface area contributed by atoms with Gasteiger partial charge in [-0.1, -0.05) is 15.9 Å². The van der Waals surface area contributed by atoms with Crippen molar-refractivity contribution in [1.29, 1.82) is 0 Å². The van der Waals surface area contributed by atoms with Gasteiger partial charge in [-0.05, 0) is 37.1 Å². The fourth-order valence-electron chi connectivity index (χ4n) is 3.58. The smallest absolute Gasteiger partial charge is 0.317 e. The number of halogens is 1. The predicted molar refractivity (Wildman–Crippen MR) is 104 cm³/mol. The van der Waals surface area contributed by atoms with Crippen LogP contribution in [-0.2, 0) is 7.05 Å². The number of anilines is 1. The van der Waals surface area contributed by atoms with Crippen molar-refractivity contribution in [3.8, 4) is 0 Å². The largest absolute Gasteiger partial charge is 0.341 e. The van der Waals surface area contributed by atoms with E-state index in [9.17, 15) is 9.59 Å². The SMILES string of the molecule is Cn1c(=O)c(=O)n(C2CCN(c3ncccn3)CC2)c2ccc(Br)cc21. The van der Waals surface area contributed by atoms with Crippen LogP contribution >= 0.6 is 15.9 Å². The molecule has 1 saturated heterocycles. The fraction of sp³-hybridized carbons (Fsp3) is 0.333.